The number of carbonyl (C=O) groups excluding carboxylic acids is 1. The van der Waals surface area contributed by atoms with Gasteiger partial charge in [-0.15, -0.1) is 0 Å². The smallest absolute Gasteiger partial charge is 0.337 e. The Morgan fingerprint density at radius 2 is 2.40 bits per heavy atom. The lowest BCUT2D eigenvalue weighted by atomic mass is 10.1. The van der Waals surface area contributed by atoms with Crippen LogP contribution < -0.4 is 0 Å². The zero-order valence-corrected chi connectivity index (χ0v) is 9.82. The highest BCUT2D eigenvalue weighted by molar-refractivity contribution is 9.10. The van der Waals surface area contributed by atoms with Gasteiger partial charge >= 0.3 is 5.97 Å². The topological polar surface area (TPSA) is 38.7 Å². The quantitative estimate of drug-likeness (QED) is 0.788. The number of carbonyl (C=O) groups is 1. The van der Waals surface area contributed by atoms with Crippen LogP contribution in [0, 0.1) is 0 Å². The Morgan fingerprint density at radius 3 is 3.07 bits per heavy atom. The fourth-order valence-corrected chi connectivity index (χ4v) is 1.77. The van der Waals surface area contributed by atoms with Gasteiger partial charge in [0.1, 0.15) is 0 Å². The van der Waals surface area contributed by atoms with E-state index in [0.717, 1.165) is 15.7 Å². The molecule has 0 fully saturated rings. The number of rotatable bonds is 3. The van der Waals surface area contributed by atoms with Gasteiger partial charge in [0.15, 0.2) is 6.04 Å². The second kappa shape index (κ2) is 4.14. The van der Waals surface area contributed by atoms with Crippen LogP contribution in [0.4, 0.5) is 0 Å². The van der Waals surface area contributed by atoms with Gasteiger partial charge in [-0.1, -0.05) is 28.1 Å². The first kappa shape index (κ1) is 10.4. The molecule has 15 heavy (non-hydrogen) atoms. The monoisotopic (exact) mass is 267 g/mol. The maximum atomic E-state index is 11.3. The molecule has 0 saturated heterocycles. The summed E-state index contributed by atoms with van der Waals surface area (Å²) in [6.45, 7) is 2.19. The second-order valence-corrected chi connectivity index (χ2v) is 4.09. The Labute approximate surface area is 96.3 Å². The van der Waals surface area contributed by atoms with E-state index in [1.807, 2.05) is 24.3 Å². The van der Waals surface area contributed by atoms with Crippen LogP contribution in [0.2, 0.25) is 0 Å². The normalized spacial score (nSPS) is 18.3. The molecular weight excluding hydrogens is 258 g/mol. The van der Waals surface area contributed by atoms with Crippen molar-refractivity contribution in [1.29, 1.82) is 0 Å². The minimum absolute atomic E-state index is 0.257. The molecule has 1 aromatic rings. The van der Waals surface area contributed by atoms with Crippen molar-refractivity contribution in [2.75, 3.05) is 6.61 Å². The molecule has 0 aliphatic carbocycles. The molecule has 0 N–H and O–H groups in total. The van der Waals surface area contributed by atoms with Gasteiger partial charge in [0, 0.05) is 4.47 Å². The molecule has 0 radical (unpaired) electrons. The summed E-state index contributed by atoms with van der Waals surface area (Å²) in [4.78, 5) is 15.4. The first-order chi connectivity index (χ1) is 7.22. The highest BCUT2D eigenvalue weighted by Gasteiger charge is 2.37. The Hall–Kier alpha value is -1.16. The molecule has 4 heteroatoms. The van der Waals surface area contributed by atoms with Crippen LogP contribution in [-0.2, 0) is 9.53 Å². The molecule has 2 rings (SSSR count). The number of aliphatic imine (C=N–C) groups is 1. The Bertz CT molecular complexity index is 428. The van der Waals surface area contributed by atoms with Gasteiger partial charge in [0.2, 0.25) is 0 Å². The van der Waals surface area contributed by atoms with Gasteiger partial charge in [-0.2, -0.15) is 0 Å². The molecule has 1 aliphatic heterocycles. The van der Waals surface area contributed by atoms with Crippen LogP contribution in [0.5, 0.6) is 0 Å². The molecule has 1 heterocycles. The van der Waals surface area contributed by atoms with Crippen molar-refractivity contribution < 1.29 is 9.53 Å². The first-order valence-corrected chi connectivity index (χ1v) is 5.52. The number of esters is 1. The van der Waals surface area contributed by atoms with E-state index in [0.29, 0.717) is 6.61 Å². The molecule has 78 valence electrons. The van der Waals surface area contributed by atoms with Crippen molar-refractivity contribution in [1.82, 2.24) is 0 Å². The van der Waals surface area contributed by atoms with E-state index >= 15 is 0 Å². The molecule has 0 aromatic heterocycles. The van der Waals surface area contributed by atoms with Crippen molar-refractivity contribution in [3.8, 4) is 0 Å². The zero-order valence-electron chi connectivity index (χ0n) is 8.24. The van der Waals surface area contributed by atoms with E-state index in [1.165, 1.54) is 0 Å². The number of hydrogen-bond acceptors (Lipinski definition) is 3. The summed E-state index contributed by atoms with van der Waals surface area (Å²) in [6, 6.07) is 7.36. The third-order valence-electron chi connectivity index (χ3n) is 2.09. The van der Waals surface area contributed by atoms with E-state index in [-0.39, 0.29) is 12.0 Å². The van der Waals surface area contributed by atoms with Crippen LogP contribution in [0.3, 0.4) is 0 Å². The molecule has 3 nitrogen and oxygen atoms in total. The maximum absolute atomic E-state index is 11.3. The molecule has 0 amide bonds. The number of benzene rings is 1. The summed E-state index contributed by atoms with van der Waals surface area (Å²) < 4.78 is 5.87. The highest BCUT2D eigenvalue weighted by atomic mass is 79.9. The van der Waals surface area contributed by atoms with E-state index in [1.54, 1.807) is 6.92 Å². The molecule has 1 atom stereocenters. The summed E-state index contributed by atoms with van der Waals surface area (Å²) in [5, 5.41) is 0. The maximum Gasteiger partial charge on any atom is 0.337 e. The summed E-state index contributed by atoms with van der Waals surface area (Å²) >= 11 is 3.37. The summed E-state index contributed by atoms with van der Waals surface area (Å²) in [5.74, 6) is -0.257. The number of hydrogen-bond donors (Lipinski definition) is 0. The fraction of sp³-hybridized carbons (Fsp3) is 0.273. The highest BCUT2D eigenvalue weighted by Crippen LogP contribution is 2.23. The van der Waals surface area contributed by atoms with Crippen LogP contribution in [0.15, 0.2) is 33.7 Å². The van der Waals surface area contributed by atoms with Gasteiger partial charge in [-0.3, -0.25) is 4.99 Å². The van der Waals surface area contributed by atoms with Gasteiger partial charge in [0.25, 0.3) is 0 Å². The van der Waals surface area contributed by atoms with E-state index < -0.39 is 0 Å². The summed E-state index contributed by atoms with van der Waals surface area (Å²) in [7, 11) is 0. The minimum Gasteiger partial charge on any atom is -0.464 e. The Morgan fingerprint density at radius 1 is 1.60 bits per heavy atom. The van der Waals surface area contributed by atoms with Crippen LogP contribution in [-0.4, -0.2) is 24.3 Å². The molecule has 0 spiro atoms. The predicted octanol–water partition coefficient (Wildman–Crippen LogP) is 2.18. The average Bonchev–Trinajstić information content (AvgIpc) is 2.97. The van der Waals surface area contributed by atoms with Crippen LogP contribution >= 0.6 is 15.9 Å². The molecule has 0 bridgehead atoms. The van der Waals surface area contributed by atoms with Gasteiger partial charge in [-0.25, -0.2) is 4.79 Å². The van der Waals surface area contributed by atoms with E-state index in [4.69, 9.17) is 4.74 Å². The second-order valence-electron chi connectivity index (χ2n) is 3.18. The van der Waals surface area contributed by atoms with Crippen LogP contribution in [0.1, 0.15) is 12.5 Å². The number of halogens is 1. The van der Waals surface area contributed by atoms with Crippen molar-refractivity contribution in [3.63, 3.8) is 0 Å². The number of ether oxygens (including phenoxy) is 1. The van der Waals surface area contributed by atoms with E-state index in [9.17, 15) is 4.79 Å². The molecular formula is C11H10BrNO2. The van der Waals surface area contributed by atoms with Crippen molar-refractivity contribution in [2.45, 2.75) is 13.0 Å². The van der Waals surface area contributed by atoms with Crippen molar-refractivity contribution >= 4 is 27.6 Å². The number of nitrogens with zero attached hydrogens (tertiary/aromatic N) is 1. The standard InChI is InChI=1S/C11H10BrNO2/c1-2-15-11(14)10-9(13-10)7-4-3-5-8(12)6-7/h3-6,10H,2H2,1H3. The van der Waals surface area contributed by atoms with Gasteiger partial charge in [-0.05, 0) is 24.6 Å². The Balaban J connectivity index is 2.04. The molecule has 1 unspecified atom stereocenters. The van der Waals surface area contributed by atoms with Gasteiger partial charge in [0.05, 0.1) is 12.3 Å². The van der Waals surface area contributed by atoms with Crippen LogP contribution in [0.25, 0.3) is 0 Å². The lowest BCUT2D eigenvalue weighted by Crippen LogP contribution is -2.16. The molecule has 0 saturated carbocycles. The van der Waals surface area contributed by atoms with E-state index in [2.05, 4.69) is 20.9 Å². The largest absolute Gasteiger partial charge is 0.464 e. The van der Waals surface area contributed by atoms with Gasteiger partial charge < -0.3 is 4.74 Å². The fourth-order valence-electron chi connectivity index (χ4n) is 1.37. The lowest BCUT2D eigenvalue weighted by Gasteiger charge is -1.99. The third-order valence-corrected chi connectivity index (χ3v) is 2.58. The Kier molecular flexibility index (Phi) is 2.86. The third kappa shape index (κ3) is 2.26. The predicted molar refractivity (Wildman–Crippen MR) is 61.1 cm³/mol. The first-order valence-electron chi connectivity index (χ1n) is 4.72. The summed E-state index contributed by atoms with van der Waals surface area (Å²) in [6.07, 6.45) is 0. The minimum atomic E-state index is -0.376. The lowest BCUT2D eigenvalue weighted by molar-refractivity contribution is -0.142. The molecule has 1 aliphatic rings. The zero-order chi connectivity index (χ0) is 10.8. The summed E-state index contributed by atoms with van der Waals surface area (Å²) in [5.41, 5.74) is 1.79. The van der Waals surface area contributed by atoms with Crippen molar-refractivity contribution in [2.24, 2.45) is 4.99 Å². The SMILES string of the molecule is CCOC(=O)C1N=C1c1cccc(Br)c1. The van der Waals surface area contributed by atoms with Crippen molar-refractivity contribution in [3.05, 3.63) is 34.3 Å². The molecule has 1 aromatic carbocycles. The average molecular weight is 268 g/mol.